The van der Waals surface area contributed by atoms with E-state index in [-0.39, 0.29) is 18.9 Å². The zero-order chi connectivity index (χ0) is 13.1. The zero-order valence-electron chi connectivity index (χ0n) is 9.24. The molecule has 0 amide bonds. The van der Waals surface area contributed by atoms with E-state index in [1.165, 1.54) is 6.07 Å². The Balaban J connectivity index is 2.29. The van der Waals surface area contributed by atoms with Gasteiger partial charge in [0.05, 0.1) is 17.3 Å². The van der Waals surface area contributed by atoms with Crippen molar-refractivity contribution in [3.63, 3.8) is 0 Å². The van der Waals surface area contributed by atoms with Crippen molar-refractivity contribution >= 4 is 34.4 Å². The van der Waals surface area contributed by atoms with Crippen LogP contribution in [-0.4, -0.2) is 27.6 Å². The maximum atomic E-state index is 11.7. The van der Waals surface area contributed by atoms with E-state index in [0.29, 0.717) is 15.9 Å². The molecule has 0 aliphatic rings. The standard InChI is InChI=1S/C11H10ClN3O3/c12-6-1-2-8-7(5-6)10(18)15-11(14-8)13-4-3-9(16)17/h1-2,5H,3-4H2,(H,16,17)(H2,13,14,15,18). The second-order valence-electron chi connectivity index (χ2n) is 3.65. The molecule has 0 saturated carbocycles. The molecule has 94 valence electrons. The van der Waals surface area contributed by atoms with Crippen molar-refractivity contribution in [2.75, 3.05) is 11.9 Å². The second-order valence-corrected chi connectivity index (χ2v) is 4.09. The van der Waals surface area contributed by atoms with E-state index in [9.17, 15) is 9.59 Å². The van der Waals surface area contributed by atoms with Crippen LogP contribution in [-0.2, 0) is 4.79 Å². The number of aromatic nitrogens is 2. The molecule has 7 heteroatoms. The van der Waals surface area contributed by atoms with Crippen molar-refractivity contribution in [3.05, 3.63) is 33.6 Å². The SMILES string of the molecule is O=C(O)CCNc1nc(=O)c2cc(Cl)ccc2[nH]1. The highest BCUT2D eigenvalue weighted by Gasteiger charge is 2.04. The number of anilines is 1. The summed E-state index contributed by atoms with van der Waals surface area (Å²) in [5.41, 5.74) is 0.182. The summed E-state index contributed by atoms with van der Waals surface area (Å²) in [6.45, 7) is 0.192. The van der Waals surface area contributed by atoms with Gasteiger partial charge in [-0.3, -0.25) is 9.59 Å². The number of rotatable bonds is 4. The van der Waals surface area contributed by atoms with E-state index in [0.717, 1.165) is 0 Å². The number of fused-ring (bicyclic) bond motifs is 1. The normalized spacial score (nSPS) is 10.5. The van der Waals surface area contributed by atoms with E-state index in [1.807, 2.05) is 0 Å². The summed E-state index contributed by atoms with van der Waals surface area (Å²) in [5.74, 6) is -0.673. The number of aliphatic carboxylic acids is 1. The van der Waals surface area contributed by atoms with Crippen molar-refractivity contribution in [2.24, 2.45) is 0 Å². The third kappa shape index (κ3) is 2.78. The van der Waals surface area contributed by atoms with E-state index < -0.39 is 11.5 Å². The van der Waals surface area contributed by atoms with Gasteiger partial charge in [-0.2, -0.15) is 4.98 Å². The van der Waals surface area contributed by atoms with E-state index >= 15 is 0 Å². The highest BCUT2D eigenvalue weighted by molar-refractivity contribution is 6.31. The van der Waals surface area contributed by atoms with Crippen LogP contribution in [0.1, 0.15) is 6.42 Å². The lowest BCUT2D eigenvalue weighted by molar-refractivity contribution is -0.136. The molecule has 0 atom stereocenters. The van der Waals surface area contributed by atoms with E-state index in [1.54, 1.807) is 12.1 Å². The Morgan fingerprint density at radius 1 is 1.50 bits per heavy atom. The van der Waals surface area contributed by atoms with Gasteiger partial charge in [-0.25, -0.2) is 0 Å². The third-order valence-corrected chi connectivity index (χ3v) is 2.54. The molecule has 0 saturated heterocycles. The molecule has 2 rings (SSSR count). The lowest BCUT2D eigenvalue weighted by Gasteiger charge is -2.05. The number of carboxylic acids is 1. The van der Waals surface area contributed by atoms with Gasteiger partial charge >= 0.3 is 5.97 Å². The third-order valence-electron chi connectivity index (χ3n) is 2.31. The number of hydrogen-bond donors (Lipinski definition) is 3. The van der Waals surface area contributed by atoms with E-state index in [2.05, 4.69) is 15.3 Å². The van der Waals surface area contributed by atoms with Crippen LogP contribution in [0.5, 0.6) is 0 Å². The molecule has 18 heavy (non-hydrogen) atoms. The van der Waals surface area contributed by atoms with E-state index in [4.69, 9.17) is 16.7 Å². The van der Waals surface area contributed by atoms with Crippen LogP contribution in [0.4, 0.5) is 5.95 Å². The minimum Gasteiger partial charge on any atom is -0.481 e. The predicted octanol–water partition coefficient (Wildman–Crippen LogP) is 1.46. The first-order chi connectivity index (χ1) is 8.56. The summed E-state index contributed by atoms with van der Waals surface area (Å²) in [6.07, 6.45) is -0.0532. The minimum absolute atomic E-state index is 0.0532. The fourth-order valence-electron chi connectivity index (χ4n) is 1.49. The van der Waals surface area contributed by atoms with Crippen molar-refractivity contribution in [1.82, 2.24) is 9.97 Å². The predicted molar refractivity (Wildman–Crippen MR) is 68.1 cm³/mol. The summed E-state index contributed by atoms with van der Waals surface area (Å²) in [7, 11) is 0. The van der Waals surface area contributed by atoms with Crippen LogP contribution in [0.3, 0.4) is 0 Å². The summed E-state index contributed by atoms with van der Waals surface area (Å²) in [5, 5.41) is 12.1. The highest BCUT2D eigenvalue weighted by atomic mass is 35.5. The molecule has 3 N–H and O–H groups in total. The van der Waals surface area contributed by atoms with Gasteiger partial charge in [0.2, 0.25) is 5.95 Å². The number of H-pyrrole nitrogens is 1. The van der Waals surface area contributed by atoms with Crippen LogP contribution < -0.4 is 10.9 Å². The number of nitrogens with zero attached hydrogens (tertiary/aromatic N) is 1. The van der Waals surface area contributed by atoms with Crippen molar-refractivity contribution < 1.29 is 9.90 Å². The number of hydrogen-bond acceptors (Lipinski definition) is 4. The molecule has 0 radical (unpaired) electrons. The van der Waals surface area contributed by atoms with Gasteiger partial charge in [0.25, 0.3) is 5.56 Å². The van der Waals surface area contributed by atoms with Gasteiger partial charge in [-0.15, -0.1) is 0 Å². The van der Waals surface area contributed by atoms with Gasteiger partial charge in [-0.05, 0) is 18.2 Å². The molecule has 0 unspecified atom stereocenters. The van der Waals surface area contributed by atoms with Crippen molar-refractivity contribution in [2.45, 2.75) is 6.42 Å². The van der Waals surface area contributed by atoms with Crippen LogP contribution in [0, 0.1) is 0 Å². The van der Waals surface area contributed by atoms with Gasteiger partial charge in [-0.1, -0.05) is 11.6 Å². The molecule has 0 bridgehead atoms. The molecule has 2 aromatic rings. The number of halogens is 1. The minimum atomic E-state index is -0.919. The Kier molecular flexibility index (Phi) is 3.47. The Labute approximate surface area is 107 Å². The van der Waals surface area contributed by atoms with Gasteiger partial charge < -0.3 is 15.4 Å². The molecule has 0 spiro atoms. The van der Waals surface area contributed by atoms with Gasteiger partial charge in [0.15, 0.2) is 0 Å². The van der Waals surface area contributed by atoms with Crippen molar-refractivity contribution in [1.29, 1.82) is 0 Å². The lowest BCUT2D eigenvalue weighted by atomic mass is 10.2. The number of carboxylic acid groups (broad SMARTS) is 1. The Morgan fingerprint density at radius 2 is 2.28 bits per heavy atom. The first kappa shape index (κ1) is 12.4. The van der Waals surface area contributed by atoms with Crippen LogP contribution in [0.2, 0.25) is 5.02 Å². The van der Waals surface area contributed by atoms with Gasteiger partial charge in [0.1, 0.15) is 0 Å². The largest absolute Gasteiger partial charge is 0.481 e. The molecular weight excluding hydrogens is 258 g/mol. The van der Waals surface area contributed by atoms with Crippen LogP contribution in [0.15, 0.2) is 23.0 Å². The maximum absolute atomic E-state index is 11.7. The summed E-state index contributed by atoms with van der Waals surface area (Å²) >= 11 is 5.79. The number of nitrogens with one attached hydrogen (secondary N) is 2. The molecule has 1 aromatic carbocycles. The molecule has 1 heterocycles. The summed E-state index contributed by atoms with van der Waals surface area (Å²) in [4.78, 5) is 28.7. The average Bonchev–Trinajstić information content (AvgIpc) is 2.30. The highest BCUT2D eigenvalue weighted by Crippen LogP contribution is 2.15. The number of carbonyl (C=O) groups is 1. The molecule has 6 nitrogen and oxygen atoms in total. The van der Waals surface area contributed by atoms with Crippen LogP contribution >= 0.6 is 11.6 Å². The molecule has 0 fully saturated rings. The Hall–Kier alpha value is -2.08. The Morgan fingerprint density at radius 3 is 3.00 bits per heavy atom. The quantitative estimate of drug-likeness (QED) is 0.780. The lowest BCUT2D eigenvalue weighted by Crippen LogP contribution is -2.15. The molecular formula is C11H10ClN3O3. The maximum Gasteiger partial charge on any atom is 0.305 e. The molecule has 1 aromatic heterocycles. The first-order valence-electron chi connectivity index (χ1n) is 5.21. The fraction of sp³-hybridized carbons (Fsp3) is 0.182. The zero-order valence-corrected chi connectivity index (χ0v) is 9.99. The van der Waals surface area contributed by atoms with Gasteiger partial charge in [0, 0.05) is 11.6 Å². The van der Waals surface area contributed by atoms with Crippen LogP contribution in [0.25, 0.3) is 10.9 Å². The topological polar surface area (TPSA) is 95.1 Å². The fourth-order valence-corrected chi connectivity index (χ4v) is 1.66. The monoisotopic (exact) mass is 267 g/mol. The number of benzene rings is 1. The smallest absolute Gasteiger partial charge is 0.305 e. The Bertz CT molecular complexity index is 654. The second kappa shape index (κ2) is 5.05. The summed E-state index contributed by atoms with van der Waals surface area (Å²) in [6, 6.07) is 4.85. The summed E-state index contributed by atoms with van der Waals surface area (Å²) < 4.78 is 0. The van der Waals surface area contributed by atoms with Crippen molar-refractivity contribution in [3.8, 4) is 0 Å². The molecule has 0 aliphatic heterocycles. The average molecular weight is 268 g/mol. The molecule has 0 aliphatic carbocycles. The number of aromatic amines is 1. The first-order valence-corrected chi connectivity index (χ1v) is 5.59.